The van der Waals surface area contributed by atoms with E-state index in [2.05, 4.69) is 34.9 Å². The number of aromatic nitrogens is 3. The maximum atomic E-state index is 5.88. The van der Waals surface area contributed by atoms with Gasteiger partial charge in [-0.15, -0.1) is 22.7 Å². The van der Waals surface area contributed by atoms with Gasteiger partial charge in [0, 0.05) is 26.4 Å². The van der Waals surface area contributed by atoms with E-state index in [0.717, 1.165) is 16.4 Å². The molecule has 0 N–H and O–H groups in total. The summed E-state index contributed by atoms with van der Waals surface area (Å²) in [5.74, 6) is 0.639. The Bertz CT molecular complexity index is 777. The average Bonchev–Trinajstić information content (AvgIpc) is 2.94. The Labute approximate surface area is 130 Å². The minimum atomic E-state index is 0.485. The lowest BCUT2D eigenvalue weighted by molar-refractivity contribution is 1.11. The molecule has 0 aromatic carbocycles. The Hall–Kier alpha value is -1.30. The predicted octanol–water partition coefficient (Wildman–Crippen LogP) is 4.91. The van der Waals surface area contributed by atoms with Crippen LogP contribution in [0.4, 0.5) is 0 Å². The van der Waals surface area contributed by atoms with Crippen LogP contribution in [0.1, 0.15) is 15.4 Å². The van der Waals surface area contributed by atoms with E-state index in [-0.39, 0.29) is 0 Å². The Morgan fingerprint density at radius 1 is 1.05 bits per heavy atom. The maximum Gasteiger partial charge on any atom is 0.189 e. The number of thiazole rings is 1. The van der Waals surface area contributed by atoms with Crippen molar-refractivity contribution in [3.63, 3.8) is 0 Å². The predicted molar refractivity (Wildman–Crippen MR) is 85.7 cm³/mol. The van der Waals surface area contributed by atoms with E-state index in [1.807, 2.05) is 13.0 Å². The van der Waals surface area contributed by atoms with Crippen LogP contribution in [0.2, 0.25) is 5.15 Å². The van der Waals surface area contributed by atoms with Gasteiger partial charge in [-0.2, -0.15) is 0 Å². The molecular formula is C14H12ClN3S2. The first-order valence-electron chi connectivity index (χ1n) is 6.07. The van der Waals surface area contributed by atoms with Crippen LogP contribution in [0.5, 0.6) is 0 Å². The first-order valence-corrected chi connectivity index (χ1v) is 8.15. The lowest BCUT2D eigenvalue weighted by Gasteiger charge is -2.04. The van der Waals surface area contributed by atoms with Crippen LogP contribution in [0.15, 0.2) is 17.5 Å². The van der Waals surface area contributed by atoms with E-state index in [4.69, 9.17) is 11.6 Å². The second-order valence-electron chi connectivity index (χ2n) is 4.52. The molecule has 0 unspecified atom stereocenters. The van der Waals surface area contributed by atoms with Crippen LogP contribution in [0.25, 0.3) is 22.1 Å². The summed E-state index contributed by atoms with van der Waals surface area (Å²) in [4.78, 5) is 15.9. The summed E-state index contributed by atoms with van der Waals surface area (Å²) in [7, 11) is 0. The van der Waals surface area contributed by atoms with Gasteiger partial charge in [0.15, 0.2) is 10.8 Å². The zero-order chi connectivity index (χ0) is 14.3. The molecule has 0 saturated carbocycles. The fourth-order valence-electron chi connectivity index (χ4n) is 2.04. The van der Waals surface area contributed by atoms with Crippen molar-refractivity contribution >= 4 is 34.3 Å². The van der Waals surface area contributed by atoms with Gasteiger partial charge >= 0.3 is 0 Å². The molecule has 102 valence electrons. The molecule has 0 radical (unpaired) electrons. The summed E-state index contributed by atoms with van der Waals surface area (Å²) in [6.45, 7) is 6.19. The van der Waals surface area contributed by atoms with Gasteiger partial charge in [-0.05, 0) is 32.9 Å². The van der Waals surface area contributed by atoms with Crippen molar-refractivity contribution < 1.29 is 0 Å². The van der Waals surface area contributed by atoms with Gasteiger partial charge in [-0.1, -0.05) is 11.6 Å². The molecule has 3 rings (SSSR count). The molecule has 3 heterocycles. The highest BCUT2D eigenvalue weighted by molar-refractivity contribution is 7.13. The Morgan fingerprint density at radius 2 is 1.85 bits per heavy atom. The number of aryl methyl sites for hydroxylation is 3. The third-order valence-corrected chi connectivity index (χ3v) is 4.97. The third kappa shape index (κ3) is 2.61. The molecule has 0 bridgehead atoms. The van der Waals surface area contributed by atoms with E-state index in [1.165, 1.54) is 26.7 Å². The molecule has 0 spiro atoms. The standard InChI is InChI=1S/C14H12ClN3S2/c1-7-4-11(10-5-8(2)20-9(10)3)17-13(16-7)14-18-12(15)6-19-14/h4-6H,1-3H3. The van der Waals surface area contributed by atoms with E-state index < -0.39 is 0 Å². The molecule has 0 aliphatic heterocycles. The number of hydrogen-bond donors (Lipinski definition) is 0. The highest BCUT2D eigenvalue weighted by Gasteiger charge is 2.13. The van der Waals surface area contributed by atoms with Crippen molar-refractivity contribution in [3.8, 4) is 22.1 Å². The molecule has 0 aliphatic rings. The first-order chi connectivity index (χ1) is 9.52. The molecular weight excluding hydrogens is 310 g/mol. The summed E-state index contributed by atoms with van der Waals surface area (Å²) in [6, 6.07) is 4.17. The molecule has 0 saturated heterocycles. The molecule has 0 amide bonds. The van der Waals surface area contributed by atoms with Crippen LogP contribution in [-0.2, 0) is 0 Å². The van der Waals surface area contributed by atoms with Crippen molar-refractivity contribution in [1.29, 1.82) is 0 Å². The summed E-state index contributed by atoms with van der Waals surface area (Å²) in [5, 5.41) is 3.03. The van der Waals surface area contributed by atoms with Gasteiger partial charge in [0.05, 0.1) is 5.69 Å². The van der Waals surface area contributed by atoms with Crippen LogP contribution in [0, 0.1) is 20.8 Å². The minimum Gasteiger partial charge on any atom is -0.231 e. The quantitative estimate of drug-likeness (QED) is 0.673. The van der Waals surface area contributed by atoms with Gasteiger partial charge in [0.25, 0.3) is 0 Å². The molecule has 0 atom stereocenters. The second-order valence-corrected chi connectivity index (χ2v) is 7.23. The van der Waals surface area contributed by atoms with Crippen molar-refractivity contribution in [3.05, 3.63) is 38.1 Å². The molecule has 3 nitrogen and oxygen atoms in total. The van der Waals surface area contributed by atoms with Crippen molar-refractivity contribution in [2.24, 2.45) is 0 Å². The lowest BCUT2D eigenvalue weighted by atomic mass is 10.1. The molecule has 20 heavy (non-hydrogen) atoms. The van der Waals surface area contributed by atoms with Gasteiger partial charge in [0.1, 0.15) is 5.15 Å². The van der Waals surface area contributed by atoms with E-state index in [0.29, 0.717) is 11.0 Å². The fourth-order valence-corrected chi connectivity index (χ4v) is 3.85. The Balaban J connectivity index is 2.14. The molecule has 3 aromatic rings. The van der Waals surface area contributed by atoms with E-state index >= 15 is 0 Å². The van der Waals surface area contributed by atoms with Crippen LogP contribution in [-0.4, -0.2) is 15.0 Å². The largest absolute Gasteiger partial charge is 0.231 e. The molecule has 0 fully saturated rings. The summed E-state index contributed by atoms with van der Waals surface area (Å²) >= 11 is 9.12. The zero-order valence-electron chi connectivity index (χ0n) is 11.3. The van der Waals surface area contributed by atoms with Crippen LogP contribution in [0.3, 0.4) is 0 Å². The van der Waals surface area contributed by atoms with E-state index in [1.54, 1.807) is 16.7 Å². The van der Waals surface area contributed by atoms with E-state index in [9.17, 15) is 0 Å². The molecule has 0 aliphatic carbocycles. The van der Waals surface area contributed by atoms with Gasteiger partial charge < -0.3 is 0 Å². The van der Waals surface area contributed by atoms with Crippen molar-refractivity contribution in [2.75, 3.05) is 0 Å². The molecule has 3 aromatic heterocycles. The first kappa shape index (κ1) is 13.7. The Kier molecular flexibility index (Phi) is 3.58. The van der Waals surface area contributed by atoms with Crippen LogP contribution >= 0.6 is 34.3 Å². The monoisotopic (exact) mass is 321 g/mol. The summed E-state index contributed by atoms with van der Waals surface area (Å²) < 4.78 is 0. The maximum absolute atomic E-state index is 5.88. The SMILES string of the molecule is Cc1cc(-c2cc(C)sc2C)nc(-c2nc(Cl)cs2)n1. The highest BCUT2D eigenvalue weighted by Crippen LogP contribution is 2.31. The zero-order valence-corrected chi connectivity index (χ0v) is 13.7. The minimum absolute atomic E-state index is 0.485. The summed E-state index contributed by atoms with van der Waals surface area (Å²) in [6.07, 6.45) is 0. The highest BCUT2D eigenvalue weighted by atomic mass is 35.5. The molecule has 6 heteroatoms. The van der Waals surface area contributed by atoms with Gasteiger partial charge in [0.2, 0.25) is 0 Å². The smallest absolute Gasteiger partial charge is 0.189 e. The number of thiophene rings is 1. The van der Waals surface area contributed by atoms with Crippen molar-refractivity contribution in [1.82, 2.24) is 15.0 Å². The topological polar surface area (TPSA) is 38.7 Å². The van der Waals surface area contributed by atoms with Gasteiger partial charge in [-0.3, -0.25) is 0 Å². The lowest BCUT2D eigenvalue weighted by Crippen LogP contribution is -1.94. The normalized spacial score (nSPS) is 11.0. The number of hydrogen-bond acceptors (Lipinski definition) is 5. The third-order valence-electron chi connectivity index (χ3n) is 2.84. The fraction of sp³-hybridized carbons (Fsp3) is 0.214. The average molecular weight is 322 g/mol. The van der Waals surface area contributed by atoms with Crippen LogP contribution < -0.4 is 0 Å². The number of halogens is 1. The number of rotatable bonds is 2. The summed E-state index contributed by atoms with van der Waals surface area (Å²) in [5.41, 5.74) is 3.04. The Morgan fingerprint density at radius 3 is 2.45 bits per heavy atom. The van der Waals surface area contributed by atoms with Crippen molar-refractivity contribution in [2.45, 2.75) is 20.8 Å². The van der Waals surface area contributed by atoms with Gasteiger partial charge in [-0.25, -0.2) is 15.0 Å². The second kappa shape index (κ2) is 5.24. The number of nitrogens with zero attached hydrogens (tertiary/aromatic N) is 3.